The Kier molecular flexibility index (Phi) is 4.62. The van der Waals surface area contributed by atoms with Crippen LogP contribution >= 0.6 is 11.3 Å². The SMILES string of the molecule is CC(=O)Oc1ccc(-c2ccc(C(=O)Nc3nncs3)cc2)cc1. The minimum absolute atomic E-state index is 0.233. The number of nitrogens with one attached hydrogen (secondary N) is 1. The number of carbonyl (C=O) groups is 2. The predicted octanol–water partition coefficient (Wildman–Crippen LogP) is 3.38. The fraction of sp³-hybridized carbons (Fsp3) is 0.0588. The van der Waals surface area contributed by atoms with Gasteiger partial charge in [-0.25, -0.2) is 0 Å². The molecule has 0 unspecified atom stereocenters. The largest absolute Gasteiger partial charge is 0.427 e. The van der Waals surface area contributed by atoms with Crippen molar-refractivity contribution in [2.24, 2.45) is 0 Å². The van der Waals surface area contributed by atoms with Crippen LogP contribution in [0.4, 0.5) is 5.13 Å². The van der Waals surface area contributed by atoms with Crippen LogP contribution in [-0.4, -0.2) is 22.1 Å². The third-order valence-corrected chi connectivity index (χ3v) is 3.78. The Bertz CT molecular complexity index is 844. The Morgan fingerprint density at radius 1 is 1.00 bits per heavy atom. The Morgan fingerprint density at radius 3 is 2.17 bits per heavy atom. The Morgan fingerprint density at radius 2 is 1.62 bits per heavy atom. The van der Waals surface area contributed by atoms with Gasteiger partial charge in [0, 0.05) is 12.5 Å². The minimum Gasteiger partial charge on any atom is -0.427 e. The lowest BCUT2D eigenvalue weighted by Gasteiger charge is -2.06. The first-order valence-corrected chi connectivity index (χ1v) is 7.96. The van der Waals surface area contributed by atoms with Crippen LogP contribution in [0.5, 0.6) is 5.75 Å². The van der Waals surface area contributed by atoms with Crippen molar-refractivity contribution in [2.75, 3.05) is 5.32 Å². The second-order valence-corrected chi connectivity index (χ2v) is 5.73. The number of amides is 1. The highest BCUT2D eigenvalue weighted by Crippen LogP contribution is 2.23. The number of aromatic nitrogens is 2. The molecule has 0 atom stereocenters. The molecular formula is C17H13N3O3S. The van der Waals surface area contributed by atoms with Crippen molar-refractivity contribution in [1.29, 1.82) is 0 Å². The lowest BCUT2D eigenvalue weighted by atomic mass is 10.0. The molecule has 0 saturated heterocycles. The molecule has 2 aromatic carbocycles. The summed E-state index contributed by atoms with van der Waals surface area (Å²) in [5, 5.41) is 10.6. The van der Waals surface area contributed by atoms with Gasteiger partial charge < -0.3 is 4.74 Å². The quantitative estimate of drug-likeness (QED) is 0.582. The normalized spacial score (nSPS) is 10.2. The second-order valence-electron chi connectivity index (χ2n) is 4.89. The van der Waals surface area contributed by atoms with E-state index in [1.165, 1.54) is 18.3 Å². The molecule has 0 aliphatic carbocycles. The number of benzene rings is 2. The zero-order chi connectivity index (χ0) is 16.9. The van der Waals surface area contributed by atoms with E-state index in [-0.39, 0.29) is 11.9 Å². The first-order chi connectivity index (χ1) is 11.6. The van der Waals surface area contributed by atoms with Gasteiger partial charge in [0.2, 0.25) is 5.13 Å². The van der Waals surface area contributed by atoms with Crippen LogP contribution in [0.15, 0.2) is 54.0 Å². The average Bonchev–Trinajstić information content (AvgIpc) is 3.08. The molecular weight excluding hydrogens is 326 g/mol. The molecule has 3 rings (SSSR count). The third-order valence-electron chi connectivity index (χ3n) is 3.18. The third kappa shape index (κ3) is 3.82. The molecule has 0 spiro atoms. The van der Waals surface area contributed by atoms with Crippen LogP contribution in [0.2, 0.25) is 0 Å². The van der Waals surface area contributed by atoms with Crippen molar-refractivity contribution >= 4 is 28.3 Å². The predicted molar refractivity (Wildman–Crippen MR) is 91.0 cm³/mol. The molecule has 1 N–H and O–H groups in total. The number of hydrogen-bond donors (Lipinski definition) is 1. The van der Waals surface area contributed by atoms with E-state index in [0.717, 1.165) is 11.1 Å². The fourth-order valence-electron chi connectivity index (χ4n) is 2.09. The standard InChI is InChI=1S/C17H13N3O3S/c1-11(21)23-15-8-6-13(7-9-15)12-2-4-14(5-3-12)16(22)19-17-20-18-10-24-17/h2-10H,1H3,(H,19,20,22). The van der Waals surface area contributed by atoms with E-state index in [2.05, 4.69) is 15.5 Å². The fourth-order valence-corrected chi connectivity index (χ4v) is 2.53. The highest BCUT2D eigenvalue weighted by atomic mass is 32.1. The van der Waals surface area contributed by atoms with Crippen LogP contribution < -0.4 is 10.1 Å². The maximum atomic E-state index is 12.1. The van der Waals surface area contributed by atoms with E-state index < -0.39 is 0 Å². The highest BCUT2D eigenvalue weighted by Gasteiger charge is 2.08. The molecule has 0 saturated carbocycles. The summed E-state index contributed by atoms with van der Waals surface area (Å²) < 4.78 is 5.00. The van der Waals surface area contributed by atoms with Gasteiger partial charge in [-0.1, -0.05) is 35.6 Å². The van der Waals surface area contributed by atoms with Crippen molar-refractivity contribution in [1.82, 2.24) is 10.2 Å². The van der Waals surface area contributed by atoms with Gasteiger partial charge >= 0.3 is 5.97 Å². The van der Waals surface area contributed by atoms with Crippen molar-refractivity contribution in [2.45, 2.75) is 6.92 Å². The minimum atomic E-state index is -0.353. The summed E-state index contributed by atoms with van der Waals surface area (Å²) in [5.74, 6) is -0.0867. The number of anilines is 1. The molecule has 0 aliphatic rings. The van der Waals surface area contributed by atoms with E-state index in [0.29, 0.717) is 16.4 Å². The maximum absolute atomic E-state index is 12.1. The summed E-state index contributed by atoms with van der Waals surface area (Å²) in [6, 6.07) is 14.4. The van der Waals surface area contributed by atoms with Gasteiger partial charge in [-0.3, -0.25) is 14.9 Å². The monoisotopic (exact) mass is 339 g/mol. The van der Waals surface area contributed by atoms with Crippen molar-refractivity contribution < 1.29 is 14.3 Å². The summed E-state index contributed by atoms with van der Waals surface area (Å²) in [7, 11) is 0. The first-order valence-electron chi connectivity index (χ1n) is 7.08. The van der Waals surface area contributed by atoms with E-state index in [1.54, 1.807) is 29.8 Å². The molecule has 1 heterocycles. The van der Waals surface area contributed by atoms with E-state index >= 15 is 0 Å². The smallest absolute Gasteiger partial charge is 0.308 e. The van der Waals surface area contributed by atoms with E-state index in [1.807, 2.05) is 24.3 Å². The van der Waals surface area contributed by atoms with Crippen LogP contribution in [0.1, 0.15) is 17.3 Å². The number of hydrogen-bond acceptors (Lipinski definition) is 6. The Labute approximate surface area is 142 Å². The molecule has 3 aromatic rings. The molecule has 24 heavy (non-hydrogen) atoms. The zero-order valence-electron chi connectivity index (χ0n) is 12.7. The number of esters is 1. The Hall–Kier alpha value is -3.06. The van der Waals surface area contributed by atoms with Crippen LogP contribution in [0, 0.1) is 0 Å². The van der Waals surface area contributed by atoms with E-state index in [4.69, 9.17) is 4.74 Å². The molecule has 1 amide bonds. The molecule has 120 valence electrons. The summed E-state index contributed by atoms with van der Waals surface area (Å²) >= 11 is 1.26. The molecule has 0 bridgehead atoms. The van der Waals surface area contributed by atoms with Gasteiger partial charge in [0.1, 0.15) is 11.3 Å². The van der Waals surface area contributed by atoms with Crippen molar-refractivity contribution in [3.05, 3.63) is 59.6 Å². The van der Waals surface area contributed by atoms with Crippen LogP contribution in [0.3, 0.4) is 0 Å². The summed E-state index contributed by atoms with van der Waals surface area (Å²) in [4.78, 5) is 23.0. The first kappa shape index (κ1) is 15.8. The van der Waals surface area contributed by atoms with Crippen LogP contribution in [-0.2, 0) is 4.79 Å². The summed E-state index contributed by atoms with van der Waals surface area (Å²) in [6.07, 6.45) is 0. The number of carbonyl (C=O) groups excluding carboxylic acids is 2. The van der Waals surface area contributed by atoms with Gasteiger partial charge in [-0.15, -0.1) is 10.2 Å². The average molecular weight is 339 g/mol. The Balaban J connectivity index is 1.72. The topological polar surface area (TPSA) is 81.2 Å². The lowest BCUT2D eigenvalue weighted by Crippen LogP contribution is -2.11. The van der Waals surface area contributed by atoms with E-state index in [9.17, 15) is 9.59 Å². The van der Waals surface area contributed by atoms with Crippen LogP contribution in [0.25, 0.3) is 11.1 Å². The lowest BCUT2D eigenvalue weighted by molar-refractivity contribution is -0.131. The summed E-state index contributed by atoms with van der Waals surface area (Å²) in [5.41, 5.74) is 4.00. The highest BCUT2D eigenvalue weighted by molar-refractivity contribution is 7.13. The molecule has 0 fully saturated rings. The van der Waals surface area contributed by atoms with Gasteiger partial charge in [0.05, 0.1) is 0 Å². The number of ether oxygens (including phenoxy) is 1. The number of nitrogens with zero attached hydrogens (tertiary/aromatic N) is 2. The molecule has 1 aromatic heterocycles. The molecule has 0 radical (unpaired) electrons. The van der Waals surface area contributed by atoms with Gasteiger partial charge in [0.25, 0.3) is 5.91 Å². The van der Waals surface area contributed by atoms with Crippen molar-refractivity contribution in [3.63, 3.8) is 0 Å². The van der Waals surface area contributed by atoms with Gasteiger partial charge in [-0.05, 0) is 35.4 Å². The molecule has 7 heteroatoms. The van der Waals surface area contributed by atoms with Gasteiger partial charge in [-0.2, -0.15) is 0 Å². The number of rotatable bonds is 4. The zero-order valence-corrected chi connectivity index (χ0v) is 13.5. The van der Waals surface area contributed by atoms with Gasteiger partial charge in [0.15, 0.2) is 0 Å². The van der Waals surface area contributed by atoms with Crippen molar-refractivity contribution in [3.8, 4) is 16.9 Å². The second kappa shape index (κ2) is 7.01. The maximum Gasteiger partial charge on any atom is 0.308 e. The summed E-state index contributed by atoms with van der Waals surface area (Å²) in [6.45, 7) is 1.36. The molecule has 0 aliphatic heterocycles. The molecule has 6 nitrogen and oxygen atoms in total.